The molecule has 0 aliphatic carbocycles. The Morgan fingerprint density at radius 2 is 1.90 bits per heavy atom. The Morgan fingerprint density at radius 3 is 2.60 bits per heavy atom. The van der Waals surface area contributed by atoms with E-state index >= 15 is 0 Å². The van der Waals surface area contributed by atoms with Gasteiger partial charge in [-0.3, -0.25) is 4.79 Å². The smallest absolute Gasteiger partial charge is 0.179 e. The van der Waals surface area contributed by atoms with Gasteiger partial charge >= 0.3 is 0 Å². The van der Waals surface area contributed by atoms with E-state index in [0.717, 1.165) is 16.3 Å². The predicted octanol–water partition coefficient (Wildman–Crippen LogP) is 2.92. The summed E-state index contributed by atoms with van der Waals surface area (Å²) in [5, 5.41) is 11.2. The Labute approximate surface area is 118 Å². The highest BCUT2D eigenvalue weighted by Crippen LogP contribution is 2.19. The molecule has 0 aliphatic heterocycles. The SMILES string of the molecule is CN(C)/C=C(/C#N)C(=O)Cc1cccc2ccccc12. The van der Waals surface area contributed by atoms with Crippen molar-refractivity contribution in [1.29, 1.82) is 5.26 Å². The van der Waals surface area contributed by atoms with Crippen molar-refractivity contribution in [2.75, 3.05) is 14.1 Å². The molecule has 0 radical (unpaired) electrons. The topological polar surface area (TPSA) is 44.1 Å². The Hall–Kier alpha value is -2.60. The van der Waals surface area contributed by atoms with Gasteiger partial charge in [-0.25, -0.2) is 0 Å². The van der Waals surface area contributed by atoms with E-state index in [-0.39, 0.29) is 17.8 Å². The highest BCUT2D eigenvalue weighted by Gasteiger charge is 2.12. The second-order valence-corrected chi connectivity index (χ2v) is 4.86. The van der Waals surface area contributed by atoms with Crippen molar-refractivity contribution in [3.8, 4) is 6.07 Å². The molecule has 0 spiro atoms. The van der Waals surface area contributed by atoms with Crippen LogP contribution in [0.1, 0.15) is 5.56 Å². The molecule has 2 rings (SSSR count). The van der Waals surface area contributed by atoms with Crippen molar-refractivity contribution in [3.63, 3.8) is 0 Å². The minimum atomic E-state index is -0.155. The van der Waals surface area contributed by atoms with Crippen LogP contribution in [0.5, 0.6) is 0 Å². The zero-order valence-corrected chi connectivity index (χ0v) is 11.6. The summed E-state index contributed by atoms with van der Waals surface area (Å²) in [5.41, 5.74) is 1.14. The fraction of sp³-hybridized carbons (Fsp3) is 0.176. The van der Waals surface area contributed by atoms with Gasteiger partial charge in [-0.05, 0) is 16.3 Å². The summed E-state index contributed by atoms with van der Waals surface area (Å²) in [6.45, 7) is 0. The van der Waals surface area contributed by atoms with Crippen molar-refractivity contribution in [1.82, 2.24) is 4.90 Å². The average molecular weight is 264 g/mol. The second-order valence-electron chi connectivity index (χ2n) is 4.86. The maximum atomic E-state index is 12.2. The molecule has 3 heteroatoms. The quantitative estimate of drug-likeness (QED) is 0.630. The first-order valence-corrected chi connectivity index (χ1v) is 6.40. The molecule has 0 aromatic heterocycles. The van der Waals surface area contributed by atoms with Gasteiger partial charge in [-0.15, -0.1) is 0 Å². The number of allylic oxidation sites excluding steroid dienone is 1. The molecule has 0 saturated carbocycles. The molecule has 20 heavy (non-hydrogen) atoms. The molecular formula is C17H16N2O. The van der Waals surface area contributed by atoms with E-state index in [4.69, 9.17) is 5.26 Å². The van der Waals surface area contributed by atoms with Gasteiger partial charge in [0.05, 0.1) is 0 Å². The predicted molar refractivity (Wildman–Crippen MR) is 80.0 cm³/mol. The standard InChI is InChI=1S/C17H16N2O/c1-19(2)12-15(11-18)17(20)10-14-8-5-7-13-6-3-4-9-16(13)14/h3-9,12H,10H2,1-2H3/b15-12-. The first-order chi connectivity index (χ1) is 9.61. The number of carbonyl (C=O) groups is 1. The van der Waals surface area contributed by atoms with Crippen LogP contribution in [-0.2, 0) is 11.2 Å². The van der Waals surface area contributed by atoms with E-state index in [0.29, 0.717) is 0 Å². The number of hydrogen-bond donors (Lipinski definition) is 0. The van der Waals surface area contributed by atoms with Gasteiger partial charge in [-0.1, -0.05) is 42.5 Å². The summed E-state index contributed by atoms with van der Waals surface area (Å²) in [6, 6.07) is 15.8. The van der Waals surface area contributed by atoms with Crippen LogP contribution in [0, 0.1) is 11.3 Å². The zero-order valence-electron chi connectivity index (χ0n) is 11.6. The molecular weight excluding hydrogens is 248 g/mol. The largest absolute Gasteiger partial charge is 0.382 e. The van der Waals surface area contributed by atoms with Crippen LogP contribution in [0.25, 0.3) is 10.8 Å². The minimum Gasteiger partial charge on any atom is -0.382 e. The monoisotopic (exact) mass is 264 g/mol. The number of ketones is 1. The van der Waals surface area contributed by atoms with Gasteiger partial charge in [0.1, 0.15) is 11.6 Å². The summed E-state index contributed by atoms with van der Waals surface area (Å²) in [5.74, 6) is -0.155. The molecule has 0 unspecified atom stereocenters. The number of nitrogens with zero attached hydrogens (tertiary/aromatic N) is 2. The number of Topliss-reactive ketones (excluding diaryl/α,β-unsaturated/α-hetero) is 1. The maximum Gasteiger partial charge on any atom is 0.179 e. The van der Waals surface area contributed by atoms with Gasteiger partial charge < -0.3 is 4.90 Å². The van der Waals surface area contributed by atoms with Crippen molar-refractivity contribution in [2.24, 2.45) is 0 Å². The number of rotatable bonds is 4. The van der Waals surface area contributed by atoms with Crippen LogP contribution in [0.2, 0.25) is 0 Å². The molecule has 3 nitrogen and oxygen atoms in total. The molecule has 2 aromatic carbocycles. The van der Waals surface area contributed by atoms with E-state index in [1.807, 2.05) is 48.5 Å². The molecule has 0 aliphatic rings. The summed E-state index contributed by atoms with van der Waals surface area (Å²) >= 11 is 0. The number of nitriles is 1. The van der Waals surface area contributed by atoms with E-state index in [1.165, 1.54) is 0 Å². The van der Waals surface area contributed by atoms with E-state index in [2.05, 4.69) is 0 Å². The molecule has 100 valence electrons. The summed E-state index contributed by atoms with van der Waals surface area (Å²) in [6.07, 6.45) is 1.81. The van der Waals surface area contributed by atoms with Crippen LogP contribution in [0.3, 0.4) is 0 Å². The van der Waals surface area contributed by atoms with Gasteiger partial charge in [0.15, 0.2) is 5.78 Å². The van der Waals surface area contributed by atoms with Crippen molar-refractivity contribution >= 4 is 16.6 Å². The first-order valence-electron chi connectivity index (χ1n) is 6.40. The van der Waals surface area contributed by atoms with Crippen molar-refractivity contribution < 1.29 is 4.79 Å². The minimum absolute atomic E-state index is 0.155. The lowest BCUT2D eigenvalue weighted by Gasteiger charge is -2.08. The van der Waals surface area contributed by atoms with Gasteiger partial charge in [0, 0.05) is 26.7 Å². The van der Waals surface area contributed by atoms with E-state index < -0.39 is 0 Å². The van der Waals surface area contributed by atoms with Crippen molar-refractivity contribution in [2.45, 2.75) is 6.42 Å². The Morgan fingerprint density at radius 1 is 1.20 bits per heavy atom. The molecule has 0 amide bonds. The maximum absolute atomic E-state index is 12.2. The lowest BCUT2D eigenvalue weighted by Crippen LogP contribution is -2.10. The number of carbonyl (C=O) groups excluding carboxylic acids is 1. The van der Waals surface area contributed by atoms with Crippen LogP contribution in [-0.4, -0.2) is 24.8 Å². The number of fused-ring (bicyclic) bond motifs is 1. The highest BCUT2D eigenvalue weighted by atomic mass is 16.1. The zero-order chi connectivity index (χ0) is 14.5. The van der Waals surface area contributed by atoms with Gasteiger partial charge in [0.2, 0.25) is 0 Å². The van der Waals surface area contributed by atoms with E-state index in [1.54, 1.807) is 25.2 Å². The molecule has 0 fully saturated rings. The second kappa shape index (κ2) is 6.03. The summed E-state index contributed by atoms with van der Waals surface area (Å²) < 4.78 is 0. The fourth-order valence-electron chi connectivity index (χ4n) is 2.14. The summed E-state index contributed by atoms with van der Waals surface area (Å²) in [7, 11) is 3.59. The molecule has 0 N–H and O–H groups in total. The number of hydrogen-bond acceptors (Lipinski definition) is 3. The normalized spacial score (nSPS) is 11.2. The van der Waals surface area contributed by atoms with Crippen LogP contribution in [0.4, 0.5) is 0 Å². The third kappa shape index (κ3) is 3.04. The molecule has 0 atom stereocenters. The molecule has 0 bridgehead atoms. The Bertz CT molecular complexity index is 703. The van der Waals surface area contributed by atoms with Crippen molar-refractivity contribution in [3.05, 3.63) is 59.8 Å². The molecule has 0 heterocycles. The fourth-order valence-corrected chi connectivity index (χ4v) is 2.14. The van der Waals surface area contributed by atoms with Crippen LogP contribution in [0.15, 0.2) is 54.2 Å². The first kappa shape index (κ1) is 13.8. The summed E-state index contributed by atoms with van der Waals surface area (Å²) in [4.78, 5) is 13.9. The van der Waals surface area contributed by atoms with E-state index in [9.17, 15) is 4.79 Å². The Kier molecular flexibility index (Phi) is 4.17. The third-order valence-corrected chi connectivity index (χ3v) is 3.04. The van der Waals surface area contributed by atoms with Crippen LogP contribution >= 0.6 is 0 Å². The molecule has 2 aromatic rings. The van der Waals surface area contributed by atoms with Crippen LogP contribution < -0.4 is 0 Å². The average Bonchev–Trinajstić information content (AvgIpc) is 2.45. The Balaban J connectivity index is 2.33. The third-order valence-electron chi connectivity index (χ3n) is 3.04. The highest BCUT2D eigenvalue weighted by molar-refractivity contribution is 6.02. The van der Waals surface area contributed by atoms with Gasteiger partial charge in [0.25, 0.3) is 0 Å². The lowest BCUT2D eigenvalue weighted by molar-refractivity contribution is -0.114. The van der Waals surface area contributed by atoms with Gasteiger partial charge in [-0.2, -0.15) is 5.26 Å². The lowest BCUT2D eigenvalue weighted by atomic mass is 9.98. The molecule has 0 saturated heterocycles. The number of benzene rings is 2.